The van der Waals surface area contributed by atoms with Crippen molar-refractivity contribution < 1.29 is 14.3 Å². The predicted molar refractivity (Wildman–Crippen MR) is 99.4 cm³/mol. The Morgan fingerprint density at radius 2 is 1.96 bits per heavy atom. The quantitative estimate of drug-likeness (QED) is 0.846. The van der Waals surface area contributed by atoms with E-state index in [4.69, 9.17) is 16.3 Å². The number of morpholine rings is 1. The number of ether oxygens (including phenoxy) is 1. The minimum atomic E-state index is -0.0907. The molecule has 2 aliphatic heterocycles. The Balaban J connectivity index is 1.40. The Morgan fingerprint density at radius 1 is 1.23 bits per heavy atom. The van der Waals surface area contributed by atoms with Gasteiger partial charge in [0, 0.05) is 24.7 Å². The maximum atomic E-state index is 12.6. The maximum Gasteiger partial charge on any atom is 0.255 e. The molecule has 1 spiro atoms. The summed E-state index contributed by atoms with van der Waals surface area (Å²) in [5.74, 6) is 0.0697. The second-order valence-corrected chi connectivity index (χ2v) is 7.86. The molecular formula is C19H24ClN3O3. The normalized spacial score (nSPS) is 24.3. The summed E-state index contributed by atoms with van der Waals surface area (Å²) in [6.07, 6.45) is 3.11. The molecule has 1 atom stereocenters. The van der Waals surface area contributed by atoms with E-state index < -0.39 is 0 Å². The largest absolute Gasteiger partial charge is 0.378 e. The number of carbonyl (C=O) groups is 2. The second-order valence-electron chi connectivity index (χ2n) is 7.46. The molecule has 0 bridgehead atoms. The molecule has 2 heterocycles. The third kappa shape index (κ3) is 3.46. The van der Waals surface area contributed by atoms with Crippen LogP contribution in [-0.2, 0) is 9.53 Å². The first kappa shape index (κ1) is 17.8. The van der Waals surface area contributed by atoms with E-state index in [9.17, 15) is 9.59 Å². The van der Waals surface area contributed by atoms with E-state index >= 15 is 0 Å². The van der Waals surface area contributed by atoms with E-state index in [0.29, 0.717) is 42.6 Å². The van der Waals surface area contributed by atoms with Gasteiger partial charge in [-0.05, 0) is 56.0 Å². The van der Waals surface area contributed by atoms with Crippen molar-refractivity contribution in [2.75, 3.05) is 44.7 Å². The zero-order chi connectivity index (χ0) is 18.1. The van der Waals surface area contributed by atoms with Crippen LogP contribution in [0.2, 0.25) is 5.02 Å². The number of amides is 2. The Bertz CT molecular complexity index is 712. The van der Waals surface area contributed by atoms with Crippen LogP contribution in [-0.4, -0.2) is 56.1 Å². The minimum absolute atomic E-state index is 0.0650. The molecule has 1 unspecified atom stereocenters. The van der Waals surface area contributed by atoms with Crippen molar-refractivity contribution >= 4 is 29.1 Å². The molecule has 0 radical (unpaired) electrons. The number of hydrogen-bond donors (Lipinski definition) is 2. The molecule has 1 saturated carbocycles. The number of carbonyl (C=O) groups excluding carboxylic acids is 2. The summed E-state index contributed by atoms with van der Waals surface area (Å²) in [6, 6.07) is 5.13. The zero-order valence-corrected chi connectivity index (χ0v) is 15.5. The maximum absolute atomic E-state index is 12.6. The van der Waals surface area contributed by atoms with Gasteiger partial charge in [0.2, 0.25) is 5.91 Å². The number of benzene rings is 1. The monoisotopic (exact) mass is 377 g/mol. The smallest absolute Gasteiger partial charge is 0.255 e. The van der Waals surface area contributed by atoms with Crippen molar-refractivity contribution in [1.29, 1.82) is 0 Å². The molecule has 7 heteroatoms. The number of nitrogens with one attached hydrogen (secondary N) is 2. The van der Waals surface area contributed by atoms with Gasteiger partial charge in [0.25, 0.3) is 5.91 Å². The highest BCUT2D eigenvalue weighted by Gasteiger charge is 2.57. The van der Waals surface area contributed by atoms with E-state index in [2.05, 4.69) is 10.6 Å². The molecule has 3 aliphatic rings. The lowest BCUT2D eigenvalue weighted by Crippen LogP contribution is -2.40. The van der Waals surface area contributed by atoms with Crippen LogP contribution in [0.1, 0.15) is 29.6 Å². The van der Waals surface area contributed by atoms with Gasteiger partial charge in [0.1, 0.15) is 0 Å². The number of piperidine rings is 1. The highest BCUT2D eigenvalue weighted by Crippen LogP contribution is 2.58. The van der Waals surface area contributed by atoms with Gasteiger partial charge in [0.15, 0.2) is 0 Å². The summed E-state index contributed by atoms with van der Waals surface area (Å²) in [7, 11) is 0. The standard InChI is InChI=1S/C19H24ClN3O3/c20-16-11-13(1-2-14(16)18(25)23-7-9-26-10-8-23)22-17(24)15-12-19(15)3-5-21-6-4-19/h1-2,11,15,21H,3-10,12H2,(H,22,24). The van der Waals surface area contributed by atoms with Crippen LogP contribution in [0.15, 0.2) is 18.2 Å². The Labute approximate surface area is 158 Å². The van der Waals surface area contributed by atoms with Gasteiger partial charge in [-0.1, -0.05) is 11.6 Å². The van der Waals surface area contributed by atoms with Gasteiger partial charge in [-0.15, -0.1) is 0 Å². The van der Waals surface area contributed by atoms with Crippen molar-refractivity contribution in [2.45, 2.75) is 19.3 Å². The number of halogens is 1. The summed E-state index contributed by atoms with van der Waals surface area (Å²) in [4.78, 5) is 26.9. The molecule has 2 N–H and O–H groups in total. The lowest BCUT2D eigenvalue weighted by atomic mass is 9.92. The topological polar surface area (TPSA) is 70.7 Å². The Hall–Kier alpha value is -1.63. The van der Waals surface area contributed by atoms with E-state index in [-0.39, 0.29) is 23.1 Å². The number of rotatable bonds is 3. The van der Waals surface area contributed by atoms with Gasteiger partial charge >= 0.3 is 0 Å². The molecule has 3 fully saturated rings. The van der Waals surface area contributed by atoms with Crippen LogP contribution >= 0.6 is 11.6 Å². The summed E-state index contributed by atoms with van der Waals surface area (Å²) in [5, 5.41) is 6.69. The van der Waals surface area contributed by atoms with Crippen molar-refractivity contribution in [3.8, 4) is 0 Å². The Kier molecular flexibility index (Phi) is 4.90. The lowest BCUT2D eigenvalue weighted by molar-refractivity contribution is -0.118. The molecule has 2 saturated heterocycles. The number of hydrogen-bond acceptors (Lipinski definition) is 4. The van der Waals surface area contributed by atoms with Crippen molar-refractivity contribution in [3.63, 3.8) is 0 Å². The molecule has 1 aromatic carbocycles. The van der Waals surface area contributed by atoms with Crippen molar-refractivity contribution in [3.05, 3.63) is 28.8 Å². The summed E-state index contributed by atoms with van der Waals surface area (Å²) in [5.41, 5.74) is 1.31. The fourth-order valence-electron chi connectivity index (χ4n) is 4.13. The summed E-state index contributed by atoms with van der Waals surface area (Å²) < 4.78 is 5.28. The molecule has 0 aromatic heterocycles. The molecule has 4 rings (SSSR count). The van der Waals surface area contributed by atoms with Crippen LogP contribution in [0.25, 0.3) is 0 Å². The van der Waals surface area contributed by atoms with E-state index in [1.807, 2.05) is 0 Å². The third-order valence-corrected chi connectivity index (χ3v) is 6.18. The fraction of sp³-hybridized carbons (Fsp3) is 0.579. The first-order valence-electron chi connectivity index (χ1n) is 9.27. The van der Waals surface area contributed by atoms with E-state index in [1.54, 1.807) is 23.1 Å². The molecule has 26 heavy (non-hydrogen) atoms. The van der Waals surface area contributed by atoms with E-state index in [1.165, 1.54) is 0 Å². The van der Waals surface area contributed by atoms with E-state index in [0.717, 1.165) is 32.4 Å². The van der Waals surface area contributed by atoms with Crippen molar-refractivity contribution in [1.82, 2.24) is 10.2 Å². The SMILES string of the molecule is O=C(Nc1ccc(C(=O)N2CCOCC2)c(Cl)c1)C1CC12CCNCC2. The number of anilines is 1. The Morgan fingerprint density at radius 3 is 2.65 bits per heavy atom. The second kappa shape index (κ2) is 7.18. The molecule has 1 aliphatic carbocycles. The van der Waals surface area contributed by atoms with Crippen LogP contribution in [0.5, 0.6) is 0 Å². The lowest BCUT2D eigenvalue weighted by Gasteiger charge is -2.27. The van der Waals surface area contributed by atoms with Gasteiger partial charge in [-0.25, -0.2) is 0 Å². The summed E-state index contributed by atoms with van der Waals surface area (Å²) >= 11 is 6.33. The fourth-order valence-corrected chi connectivity index (χ4v) is 4.39. The third-order valence-electron chi connectivity index (χ3n) is 5.87. The van der Waals surface area contributed by atoms with Gasteiger partial charge in [-0.2, -0.15) is 0 Å². The summed E-state index contributed by atoms with van der Waals surface area (Å²) in [6.45, 7) is 4.24. The van der Waals surface area contributed by atoms with Gasteiger partial charge in [0.05, 0.1) is 23.8 Å². The van der Waals surface area contributed by atoms with Crippen molar-refractivity contribution in [2.24, 2.45) is 11.3 Å². The number of nitrogens with zero attached hydrogens (tertiary/aromatic N) is 1. The zero-order valence-electron chi connectivity index (χ0n) is 14.7. The minimum Gasteiger partial charge on any atom is -0.378 e. The first-order chi connectivity index (χ1) is 12.6. The van der Waals surface area contributed by atoms with Crippen LogP contribution in [0, 0.1) is 11.3 Å². The average Bonchev–Trinajstić information content (AvgIpc) is 3.35. The molecule has 1 aromatic rings. The molecular weight excluding hydrogens is 354 g/mol. The predicted octanol–water partition coefficient (Wildman–Crippen LogP) is 2.14. The molecule has 140 valence electrons. The van der Waals surface area contributed by atoms with Crippen LogP contribution < -0.4 is 10.6 Å². The van der Waals surface area contributed by atoms with Crippen LogP contribution in [0.4, 0.5) is 5.69 Å². The molecule has 2 amide bonds. The van der Waals surface area contributed by atoms with Gasteiger partial charge < -0.3 is 20.3 Å². The molecule has 6 nitrogen and oxygen atoms in total. The van der Waals surface area contributed by atoms with Gasteiger partial charge in [-0.3, -0.25) is 9.59 Å². The average molecular weight is 378 g/mol. The first-order valence-corrected chi connectivity index (χ1v) is 9.65. The highest BCUT2D eigenvalue weighted by molar-refractivity contribution is 6.34. The highest BCUT2D eigenvalue weighted by atomic mass is 35.5. The van der Waals surface area contributed by atoms with Crippen LogP contribution in [0.3, 0.4) is 0 Å².